The third-order valence-corrected chi connectivity index (χ3v) is 4.60. The highest BCUT2D eigenvalue weighted by molar-refractivity contribution is 9.10. The highest BCUT2D eigenvalue weighted by atomic mass is 79.9. The van der Waals surface area contributed by atoms with Gasteiger partial charge in [0.1, 0.15) is 0 Å². The van der Waals surface area contributed by atoms with Crippen molar-refractivity contribution in [3.63, 3.8) is 0 Å². The van der Waals surface area contributed by atoms with Gasteiger partial charge in [-0.05, 0) is 36.2 Å². The van der Waals surface area contributed by atoms with E-state index in [9.17, 15) is 0 Å². The van der Waals surface area contributed by atoms with E-state index in [4.69, 9.17) is 0 Å². The van der Waals surface area contributed by atoms with Crippen LogP contribution in [0.15, 0.2) is 4.47 Å². The van der Waals surface area contributed by atoms with Crippen LogP contribution in [-0.4, -0.2) is 40.4 Å². The summed E-state index contributed by atoms with van der Waals surface area (Å²) in [6.45, 7) is 11.8. The molecule has 0 saturated carbocycles. The van der Waals surface area contributed by atoms with Crippen molar-refractivity contribution in [2.75, 3.05) is 19.6 Å². The molecule has 4 nitrogen and oxygen atoms in total. The maximum absolute atomic E-state index is 4.66. The van der Waals surface area contributed by atoms with Gasteiger partial charge in [-0.2, -0.15) is 5.10 Å². The largest absolute Gasteiger partial charge is 0.314 e. The number of halogens is 1. The summed E-state index contributed by atoms with van der Waals surface area (Å²) < 4.78 is 3.34. The van der Waals surface area contributed by atoms with Gasteiger partial charge in [0.25, 0.3) is 0 Å². The number of rotatable bonds is 4. The molecule has 1 aliphatic heterocycles. The fourth-order valence-electron chi connectivity index (χ4n) is 2.48. The minimum absolute atomic E-state index is 0.593. The molecule has 0 amide bonds. The molecule has 102 valence electrons. The van der Waals surface area contributed by atoms with E-state index in [0.29, 0.717) is 6.04 Å². The summed E-state index contributed by atoms with van der Waals surface area (Å²) in [6.07, 6.45) is 0.984. The lowest BCUT2D eigenvalue weighted by Crippen LogP contribution is -2.49. The molecule has 0 bridgehead atoms. The molecule has 1 saturated heterocycles. The number of hydrogen-bond acceptors (Lipinski definition) is 3. The zero-order valence-electron chi connectivity index (χ0n) is 11.5. The van der Waals surface area contributed by atoms with E-state index in [0.717, 1.165) is 39.1 Å². The van der Waals surface area contributed by atoms with Crippen LogP contribution in [-0.2, 0) is 19.5 Å². The molecule has 1 aromatic rings. The Hall–Kier alpha value is -0.390. The van der Waals surface area contributed by atoms with Crippen LogP contribution < -0.4 is 5.32 Å². The first-order valence-corrected chi connectivity index (χ1v) is 7.65. The highest BCUT2D eigenvalue weighted by Crippen LogP contribution is 2.24. The maximum atomic E-state index is 4.66. The Morgan fingerprint density at radius 2 is 2.22 bits per heavy atom. The summed E-state index contributed by atoms with van der Waals surface area (Å²) in [5, 5.41) is 8.10. The van der Waals surface area contributed by atoms with Crippen molar-refractivity contribution in [1.29, 1.82) is 0 Å². The first kappa shape index (κ1) is 14.0. The number of nitrogens with one attached hydrogen (secondary N) is 1. The van der Waals surface area contributed by atoms with Crippen LogP contribution in [0.1, 0.15) is 32.2 Å². The second-order valence-corrected chi connectivity index (χ2v) is 5.69. The van der Waals surface area contributed by atoms with Gasteiger partial charge >= 0.3 is 0 Å². The normalized spacial score (nSPS) is 21.4. The van der Waals surface area contributed by atoms with Gasteiger partial charge in [-0.1, -0.05) is 6.92 Å². The lowest BCUT2D eigenvalue weighted by Gasteiger charge is -2.33. The monoisotopic (exact) mass is 314 g/mol. The summed E-state index contributed by atoms with van der Waals surface area (Å²) >= 11 is 3.72. The van der Waals surface area contributed by atoms with Gasteiger partial charge in [0.15, 0.2) is 0 Å². The van der Waals surface area contributed by atoms with Crippen molar-refractivity contribution in [1.82, 2.24) is 20.0 Å². The van der Waals surface area contributed by atoms with Crippen LogP contribution in [0, 0.1) is 0 Å². The number of aromatic nitrogens is 2. The summed E-state index contributed by atoms with van der Waals surface area (Å²) in [5.74, 6) is 0. The molecule has 1 N–H and O–H groups in total. The lowest BCUT2D eigenvalue weighted by atomic mass is 10.2. The average molecular weight is 315 g/mol. The molecule has 1 aromatic heterocycles. The van der Waals surface area contributed by atoms with Gasteiger partial charge in [0.05, 0.1) is 15.9 Å². The van der Waals surface area contributed by atoms with E-state index in [1.807, 2.05) is 0 Å². The van der Waals surface area contributed by atoms with Gasteiger partial charge in [-0.3, -0.25) is 9.58 Å². The number of piperazine rings is 1. The SMILES string of the molecule is CCc1nn(CC)c(CN2CCNCC2C)c1Br. The van der Waals surface area contributed by atoms with Crippen LogP contribution in [0.4, 0.5) is 0 Å². The third kappa shape index (κ3) is 2.78. The fourth-order valence-corrected chi connectivity index (χ4v) is 3.17. The van der Waals surface area contributed by atoms with Crippen LogP contribution >= 0.6 is 15.9 Å². The van der Waals surface area contributed by atoms with Gasteiger partial charge in [-0.15, -0.1) is 0 Å². The van der Waals surface area contributed by atoms with E-state index >= 15 is 0 Å². The lowest BCUT2D eigenvalue weighted by molar-refractivity contribution is 0.161. The first-order valence-electron chi connectivity index (χ1n) is 6.86. The smallest absolute Gasteiger partial charge is 0.0767 e. The Labute approximate surface area is 118 Å². The van der Waals surface area contributed by atoms with Crippen molar-refractivity contribution >= 4 is 15.9 Å². The fraction of sp³-hybridized carbons (Fsp3) is 0.769. The molecule has 1 aliphatic rings. The van der Waals surface area contributed by atoms with Gasteiger partial charge in [0, 0.05) is 38.8 Å². The number of aryl methyl sites for hydroxylation is 2. The number of hydrogen-bond donors (Lipinski definition) is 1. The topological polar surface area (TPSA) is 33.1 Å². The first-order chi connectivity index (χ1) is 8.67. The van der Waals surface area contributed by atoms with E-state index in [1.165, 1.54) is 15.9 Å². The van der Waals surface area contributed by atoms with Crippen LogP contribution in [0.5, 0.6) is 0 Å². The molecule has 18 heavy (non-hydrogen) atoms. The highest BCUT2D eigenvalue weighted by Gasteiger charge is 2.22. The summed E-state index contributed by atoms with van der Waals surface area (Å²) in [7, 11) is 0. The standard InChI is InChI=1S/C13H23BrN4/c1-4-11-13(14)12(18(5-2)16-11)9-17-7-6-15-8-10(17)3/h10,15H,4-9H2,1-3H3. The molecule has 5 heteroatoms. The Bertz CT molecular complexity index is 402. The molecule has 1 unspecified atom stereocenters. The molecular weight excluding hydrogens is 292 g/mol. The number of nitrogens with zero attached hydrogens (tertiary/aromatic N) is 3. The zero-order valence-corrected chi connectivity index (χ0v) is 13.1. The molecule has 2 rings (SSSR count). The minimum Gasteiger partial charge on any atom is -0.314 e. The Morgan fingerprint density at radius 1 is 1.44 bits per heavy atom. The third-order valence-electron chi connectivity index (χ3n) is 3.69. The van der Waals surface area contributed by atoms with Crippen molar-refractivity contribution in [3.8, 4) is 0 Å². The molecule has 2 heterocycles. The van der Waals surface area contributed by atoms with Crippen molar-refractivity contribution < 1.29 is 0 Å². The van der Waals surface area contributed by atoms with E-state index in [-0.39, 0.29) is 0 Å². The van der Waals surface area contributed by atoms with E-state index < -0.39 is 0 Å². The van der Waals surface area contributed by atoms with E-state index in [1.54, 1.807) is 0 Å². The summed E-state index contributed by atoms with van der Waals surface area (Å²) in [6, 6.07) is 0.593. The van der Waals surface area contributed by atoms with E-state index in [2.05, 4.69) is 56.7 Å². The van der Waals surface area contributed by atoms with Gasteiger partial charge < -0.3 is 5.32 Å². The van der Waals surface area contributed by atoms with Crippen molar-refractivity contribution in [2.45, 2.75) is 46.3 Å². The molecule has 0 aromatic carbocycles. The maximum Gasteiger partial charge on any atom is 0.0767 e. The Balaban J connectivity index is 2.19. The zero-order chi connectivity index (χ0) is 13.1. The molecule has 0 aliphatic carbocycles. The quantitative estimate of drug-likeness (QED) is 0.923. The minimum atomic E-state index is 0.593. The van der Waals surface area contributed by atoms with Crippen LogP contribution in [0.25, 0.3) is 0 Å². The van der Waals surface area contributed by atoms with Crippen molar-refractivity contribution in [2.24, 2.45) is 0 Å². The second-order valence-electron chi connectivity index (χ2n) is 4.90. The average Bonchev–Trinajstić information content (AvgIpc) is 2.69. The summed E-state index contributed by atoms with van der Waals surface area (Å²) in [4.78, 5) is 2.53. The van der Waals surface area contributed by atoms with Crippen molar-refractivity contribution in [3.05, 3.63) is 15.9 Å². The predicted molar refractivity (Wildman–Crippen MR) is 77.7 cm³/mol. The Morgan fingerprint density at radius 3 is 2.83 bits per heavy atom. The molecule has 0 radical (unpaired) electrons. The van der Waals surface area contributed by atoms with Crippen LogP contribution in [0.2, 0.25) is 0 Å². The molecule has 1 fully saturated rings. The molecule has 0 spiro atoms. The second kappa shape index (κ2) is 6.17. The van der Waals surface area contributed by atoms with Gasteiger partial charge in [-0.25, -0.2) is 0 Å². The Kier molecular flexibility index (Phi) is 4.81. The van der Waals surface area contributed by atoms with Gasteiger partial charge in [0.2, 0.25) is 0 Å². The predicted octanol–water partition coefficient (Wildman–Crippen LogP) is 2.02. The van der Waals surface area contributed by atoms with Crippen LogP contribution in [0.3, 0.4) is 0 Å². The molecular formula is C13H23BrN4. The molecule has 1 atom stereocenters. The summed E-state index contributed by atoms with van der Waals surface area (Å²) in [5.41, 5.74) is 2.50.